The van der Waals surface area contributed by atoms with Gasteiger partial charge in [-0.3, -0.25) is 9.88 Å². The third-order valence-corrected chi connectivity index (χ3v) is 4.73. The number of hydrogen-bond acceptors (Lipinski definition) is 3. The Labute approximate surface area is 157 Å². The second kappa shape index (κ2) is 8.12. The van der Waals surface area contributed by atoms with Crippen LogP contribution >= 0.6 is 35.4 Å². The van der Waals surface area contributed by atoms with Crippen molar-refractivity contribution in [3.63, 3.8) is 0 Å². The highest BCUT2D eigenvalue weighted by molar-refractivity contribution is 7.80. The van der Waals surface area contributed by atoms with Gasteiger partial charge in [0.15, 0.2) is 5.11 Å². The monoisotopic (exact) mass is 380 g/mol. The molecule has 0 radical (unpaired) electrons. The number of aromatic nitrogens is 1. The van der Waals surface area contributed by atoms with Gasteiger partial charge in [-0.15, -0.1) is 0 Å². The highest BCUT2D eigenvalue weighted by Crippen LogP contribution is 2.23. The van der Waals surface area contributed by atoms with Gasteiger partial charge in [-0.05, 0) is 48.1 Å². The minimum atomic E-state index is 0.593. The van der Waals surface area contributed by atoms with Crippen molar-refractivity contribution in [2.24, 2.45) is 0 Å². The van der Waals surface area contributed by atoms with Gasteiger partial charge in [-0.25, -0.2) is 0 Å². The van der Waals surface area contributed by atoms with E-state index in [-0.39, 0.29) is 0 Å². The van der Waals surface area contributed by atoms with Gasteiger partial charge in [0, 0.05) is 60.9 Å². The molecule has 1 fully saturated rings. The fourth-order valence-corrected chi connectivity index (χ4v) is 3.51. The molecule has 0 unspecified atom stereocenters. The molecule has 0 atom stereocenters. The van der Waals surface area contributed by atoms with Crippen LogP contribution in [0.3, 0.4) is 0 Å². The fraction of sp³-hybridized carbons (Fsp3) is 0.294. The summed E-state index contributed by atoms with van der Waals surface area (Å²) < 4.78 is 0. The highest BCUT2D eigenvalue weighted by atomic mass is 35.5. The van der Waals surface area contributed by atoms with Crippen molar-refractivity contribution in [2.45, 2.75) is 6.54 Å². The molecule has 24 heavy (non-hydrogen) atoms. The lowest BCUT2D eigenvalue weighted by molar-refractivity contribution is 0.177. The van der Waals surface area contributed by atoms with Gasteiger partial charge in [-0.1, -0.05) is 23.2 Å². The molecule has 4 nitrogen and oxygen atoms in total. The first kappa shape index (κ1) is 17.4. The maximum Gasteiger partial charge on any atom is 0.173 e. The van der Waals surface area contributed by atoms with Gasteiger partial charge >= 0.3 is 0 Å². The van der Waals surface area contributed by atoms with Crippen LogP contribution in [0.4, 0.5) is 5.69 Å². The lowest BCUT2D eigenvalue weighted by Gasteiger charge is -2.36. The summed E-state index contributed by atoms with van der Waals surface area (Å²) in [5.41, 5.74) is 2.10. The zero-order valence-corrected chi connectivity index (χ0v) is 15.4. The van der Waals surface area contributed by atoms with Gasteiger partial charge in [0.05, 0.1) is 0 Å². The second-order valence-corrected chi connectivity index (χ2v) is 6.97. The number of piperazine rings is 1. The van der Waals surface area contributed by atoms with Crippen molar-refractivity contribution in [2.75, 3.05) is 31.5 Å². The summed E-state index contributed by atoms with van der Waals surface area (Å²) in [6.07, 6.45) is 3.67. The smallest absolute Gasteiger partial charge is 0.173 e. The Kier molecular flexibility index (Phi) is 5.89. The predicted octanol–water partition coefficient (Wildman–Crippen LogP) is 3.90. The van der Waals surface area contributed by atoms with Crippen LogP contribution in [0.5, 0.6) is 0 Å². The van der Waals surface area contributed by atoms with Crippen LogP contribution < -0.4 is 5.32 Å². The molecule has 0 bridgehead atoms. The number of nitrogens with zero attached hydrogens (tertiary/aromatic N) is 3. The lowest BCUT2D eigenvalue weighted by Crippen LogP contribution is -2.49. The van der Waals surface area contributed by atoms with Crippen molar-refractivity contribution >= 4 is 46.2 Å². The van der Waals surface area contributed by atoms with Gasteiger partial charge in [-0.2, -0.15) is 0 Å². The van der Waals surface area contributed by atoms with Crippen molar-refractivity contribution in [1.82, 2.24) is 14.8 Å². The van der Waals surface area contributed by atoms with E-state index >= 15 is 0 Å². The Morgan fingerprint density at radius 3 is 2.29 bits per heavy atom. The van der Waals surface area contributed by atoms with E-state index in [1.807, 2.05) is 24.5 Å². The van der Waals surface area contributed by atoms with Gasteiger partial charge in [0.2, 0.25) is 0 Å². The molecule has 1 aliphatic heterocycles. The Morgan fingerprint density at radius 2 is 1.67 bits per heavy atom. The number of nitrogens with one attached hydrogen (secondary N) is 1. The van der Waals surface area contributed by atoms with E-state index in [2.05, 4.69) is 32.2 Å². The summed E-state index contributed by atoms with van der Waals surface area (Å²) in [6.45, 7) is 4.68. The number of halogens is 2. The molecular formula is C17H18Cl2N4S. The van der Waals surface area contributed by atoms with E-state index in [0.717, 1.165) is 38.4 Å². The van der Waals surface area contributed by atoms with Crippen LogP contribution in [-0.4, -0.2) is 46.1 Å². The number of rotatable bonds is 3. The molecule has 0 aliphatic carbocycles. The van der Waals surface area contributed by atoms with Crippen LogP contribution in [0.15, 0.2) is 42.7 Å². The third kappa shape index (κ3) is 4.80. The van der Waals surface area contributed by atoms with E-state index in [1.54, 1.807) is 6.07 Å². The maximum atomic E-state index is 6.02. The zero-order chi connectivity index (χ0) is 16.9. The summed E-state index contributed by atoms with van der Waals surface area (Å²) in [5.74, 6) is 0. The summed E-state index contributed by atoms with van der Waals surface area (Å²) in [5, 5.41) is 5.11. The number of thiocarbonyl (C=S) groups is 1. The summed E-state index contributed by atoms with van der Waals surface area (Å²) in [7, 11) is 0. The lowest BCUT2D eigenvalue weighted by atomic mass is 10.2. The standard InChI is InChI=1S/C17H18Cl2N4S/c18-14-9-15(19)11-16(10-14)21-17(24)23-7-5-22(6-8-23)12-13-1-3-20-4-2-13/h1-4,9-11H,5-8,12H2,(H,21,24). The van der Waals surface area contributed by atoms with Crippen LogP contribution in [0.2, 0.25) is 10.0 Å². The summed E-state index contributed by atoms with van der Waals surface area (Å²) >= 11 is 17.6. The second-order valence-electron chi connectivity index (χ2n) is 5.71. The minimum Gasteiger partial charge on any atom is -0.346 e. The van der Waals surface area contributed by atoms with Gasteiger partial charge in [0.1, 0.15) is 0 Å². The Balaban J connectivity index is 1.51. The average Bonchev–Trinajstić information content (AvgIpc) is 2.55. The number of pyridine rings is 1. The first-order valence-corrected chi connectivity index (χ1v) is 8.90. The predicted molar refractivity (Wildman–Crippen MR) is 104 cm³/mol. The molecule has 1 aromatic heterocycles. The first-order valence-electron chi connectivity index (χ1n) is 7.73. The number of hydrogen-bond donors (Lipinski definition) is 1. The SMILES string of the molecule is S=C(Nc1cc(Cl)cc(Cl)c1)N1CCN(Cc2ccncc2)CC1. The average molecular weight is 381 g/mol. The Hall–Kier alpha value is -1.40. The van der Waals surface area contributed by atoms with E-state index in [1.165, 1.54) is 5.56 Å². The molecule has 3 rings (SSSR count). The van der Waals surface area contributed by atoms with Crippen molar-refractivity contribution in [3.8, 4) is 0 Å². The van der Waals surface area contributed by atoms with E-state index in [0.29, 0.717) is 15.2 Å². The normalized spacial score (nSPS) is 15.3. The van der Waals surface area contributed by atoms with Crippen LogP contribution in [0, 0.1) is 0 Å². The van der Waals surface area contributed by atoms with Crippen LogP contribution in [-0.2, 0) is 6.54 Å². The molecule has 0 spiro atoms. The quantitative estimate of drug-likeness (QED) is 0.815. The van der Waals surface area contributed by atoms with Gasteiger partial charge < -0.3 is 10.2 Å². The van der Waals surface area contributed by atoms with Crippen LogP contribution in [0.25, 0.3) is 0 Å². The molecule has 1 saturated heterocycles. The largest absolute Gasteiger partial charge is 0.346 e. The maximum absolute atomic E-state index is 6.02. The van der Waals surface area contributed by atoms with E-state index in [4.69, 9.17) is 35.4 Å². The summed E-state index contributed by atoms with van der Waals surface area (Å²) in [6, 6.07) is 9.46. The highest BCUT2D eigenvalue weighted by Gasteiger charge is 2.19. The Bertz CT molecular complexity index is 683. The zero-order valence-electron chi connectivity index (χ0n) is 13.1. The minimum absolute atomic E-state index is 0.593. The van der Waals surface area contributed by atoms with Crippen molar-refractivity contribution in [3.05, 3.63) is 58.3 Å². The van der Waals surface area contributed by atoms with Gasteiger partial charge in [0.25, 0.3) is 0 Å². The number of anilines is 1. The first-order chi connectivity index (χ1) is 11.6. The van der Waals surface area contributed by atoms with Crippen molar-refractivity contribution in [1.29, 1.82) is 0 Å². The summed E-state index contributed by atoms with van der Waals surface area (Å²) in [4.78, 5) is 8.65. The molecular weight excluding hydrogens is 363 g/mol. The van der Waals surface area contributed by atoms with Crippen LogP contribution in [0.1, 0.15) is 5.56 Å². The fourth-order valence-electron chi connectivity index (χ4n) is 2.68. The van der Waals surface area contributed by atoms with E-state index < -0.39 is 0 Å². The molecule has 2 aromatic rings. The molecule has 126 valence electrons. The molecule has 2 heterocycles. The molecule has 7 heteroatoms. The molecule has 0 amide bonds. The van der Waals surface area contributed by atoms with E-state index in [9.17, 15) is 0 Å². The molecule has 1 N–H and O–H groups in total. The molecule has 1 aliphatic rings. The topological polar surface area (TPSA) is 31.4 Å². The van der Waals surface area contributed by atoms with Crippen molar-refractivity contribution < 1.29 is 0 Å². The molecule has 1 aromatic carbocycles. The third-order valence-electron chi connectivity index (χ3n) is 3.93. The molecule has 0 saturated carbocycles. The number of benzene rings is 1. The Morgan fingerprint density at radius 1 is 1.04 bits per heavy atom.